The van der Waals surface area contributed by atoms with E-state index < -0.39 is 0 Å². The minimum absolute atomic E-state index is 0.0484. The van der Waals surface area contributed by atoms with Gasteiger partial charge in [-0.15, -0.1) is 21.5 Å². The van der Waals surface area contributed by atoms with Crippen LogP contribution in [-0.2, 0) is 0 Å². The summed E-state index contributed by atoms with van der Waals surface area (Å²) >= 11 is 1.49. The maximum absolute atomic E-state index is 12.4. The molecule has 2 aromatic heterocycles. The number of thiophene rings is 1. The predicted octanol–water partition coefficient (Wildman–Crippen LogP) is 2.15. The average molecular weight is 319 g/mol. The van der Waals surface area contributed by atoms with E-state index in [9.17, 15) is 4.79 Å². The highest BCUT2D eigenvalue weighted by molar-refractivity contribution is 7.12. The zero-order valence-corrected chi connectivity index (χ0v) is 13.3. The Hall–Kier alpha value is -2.15. The summed E-state index contributed by atoms with van der Waals surface area (Å²) < 4.78 is 10.7. The van der Waals surface area contributed by atoms with Gasteiger partial charge in [-0.25, -0.2) is 0 Å². The lowest BCUT2D eigenvalue weighted by Crippen LogP contribution is -2.30. The maximum Gasteiger partial charge on any atom is 0.264 e. The molecule has 6 nitrogen and oxygen atoms in total. The first-order valence-electron chi connectivity index (χ1n) is 7.04. The fourth-order valence-corrected chi connectivity index (χ4v) is 3.22. The van der Waals surface area contributed by atoms with Crippen molar-refractivity contribution in [3.63, 3.8) is 0 Å². The fourth-order valence-electron chi connectivity index (χ4n) is 2.36. The molecule has 0 saturated carbocycles. The summed E-state index contributed by atoms with van der Waals surface area (Å²) in [7, 11) is 1.54. The second-order valence-electron chi connectivity index (χ2n) is 5.18. The van der Waals surface area contributed by atoms with E-state index in [0.717, 1.165) is 16.9 Å². The van der Waals surface area contributed by atoms with Gasteiger partial charge in [-0.05, 0) is 23.9 Å². The zero-order valence-electron chi connectivity index (χ0n) is 12.5. The number of aromatic nitrogens is 2. The van der Waals surface area contributed by atoms with E-state index in [1.807, 2.05) is 23.3 Å². The van der Waals surface area contributed by atoms with Crippen LogP contribution < -0.4 is 9.47 Å². The minimum Gasteiger partial charge on any atom is -0.480 e. The van der Waals surface area contributed by atoms with Crippen LogP contribution in [0.3, 0.4) is 0 Å². The molecule has 1 saturated heterocycles. The summed E-state index contributed by atoms with van der Waals surface area (Å²) in [5.74, 6) is 0.973. The van der Waals surface area contributed by atoms with Crippen LogP contribution in [0.15, 0.2) is 23.6 Å². The first kappa shape index (κ1) is 14.8. The van der Waals surface area contributed by atoms with Crippen LogP contribution >= 0.6 is 11.3 Å². The third-order valence-corrected chi connectivity index (χ3v) is 4.52. The van der Waals surface area contributed by atoms with Crippen LogP contribution in [0, 0.1) is 6.92 Å². The molecule has 1 amide bonds. The molecule has 0 unspecified atom stereocenters. The predicted molar refractivity (Wildman–Crippen MR) is 82.6 cm³/mol. The van der Waals surface area contributed by atoms with Gasteiger partial charge in [-0.3, -0.25) is 4.79 Å². The number of likely N-dealkylation sites (tertiary alicyclic amines) is 1. The van der Waals surface area contributed by atoms with E-state index in [1.54, 1.807) is 12.1 Å². The normalized spacial score (nSPS) is 17.5. The molecule has 1 atom stereocenters. The Morgan fingerprint density at radius 2 is 2.14 bits per heavy atom. The van der Waals surface area contributed by atoms with Crippen molar-refractivity contribution < 1.29 is 14.3 Å². The number of hydrogen-bond donors (Lipinski definition) is 0. The number of hydrogen-bond acceptors (Lipinski definition) is 6. The number of carbonyl (C=O) groups excluding carboxylic acids is 1. The second kappa shape index (κ2) is 6.31. The highest BCUT2D eigenvalue weighted by Gasteiger charge is 2.29. The third-order valence-electron chi connectivity index (χ3n) is 3.49. The first-order chi connectivity index (χ1) is 10.7. The molecule has 1 aliphatic rings. The van der Waals surface area contributed by atoms with Crippen molar-refractivity contribution in [3.8, 4) is 11.8 Å². The Morgan fingerprint density at radius 3 is 2.77 bits per heavy atom. The molecule has 0 spiro atoms. The lowest BCUT2D eigenvalue weighted by atomic mass is 10.3. The van der Waals surface area contributed by atoms with Gasteiger partial charge in [0.25, 0.3) is 5.91 Å². The summed E-state index contributed by atoms with van der Waals surface area (Å²) in [5.41, 5.74) is 1.12. The number of methoxy groups -OCH3 is 1. The van der Waals surface area contributed by atoms with E-state index in [1.165, 1.54) is 18.4 Å². The largest absolute Gasteiger partial charge is 0.480 e. The summed E-state index contributed by atoms with van der Waals surface area (Å²) in [4.78, 5) is 15.0. The van der Waals surface area contributed by atoms with Gasteiger partial charge in [0.1, 0.15) is 6.10 Å². The van der Waals surface area contributed by atoms with Crippen LogP contribution in [0.2, 0.25) is 0 Å². The van der Waals surface area contributed by atoms with E-state index in [-0.39, 0.29) is 12.0 Å². The van der Waals surface area contributed by atoms with Crippen molar-refractivity contribution in [3.05, 3.63) is 34.0 Å². The monoisotopic (exact) mass is 319 g/mol. The fraction of sp³-hybridized carbons (Fsp3) is 0.400. The number of aryl methyl sites for hydroxylation is 1. The quantitative estimate of drug-likeness (QED) is 0.864. The smallest absolute Gasteiger partial charge is 0.264 e. The highest BCUT2D eigenvalue weighted by Crippen LogP contribution is 2.21. The molecule has 3 heterocycles. The summed E-state index contributed by atoms with van der Waals surface area (Å²) in [5, 5.41) is 9.80. The van der Waals surface area contributed by atoms with Gasteiger partial charge in [0.2, 0.25) is 11.8 Å². The van der Waals surface area contributed by atoms with Gasteiger partial charge in [0, 0.05) is 25.1 Å². The van der Waals surface area contributed by atoms with Crippen molar-refractivity contribution in [2.24, 2.45) is 0 Å². The second-order valence-corrected chi connectivity index (χ2v) is 6.09. The standard InChI is InChI=1S/C15H17N3O3S/c1-10-7-12(22-9-10)15(19)18-6-5-11(8-18)21-14-4-3-13(20-2)16-17-14/h3-4,7,9,11H,5-6,8H2,1-2H3/t11-/m1/s1. The Kier molecular flexibility index (Phi) is 4.24. The van der Waals surface area contributed by atoms with Gasteiger partial charge in [0.15, 0.2) is 0 Å². The topological polar surface area (TPSA) is 64.6 Å². The van der Waals surface area contributed by atoms with Gasteiger partial charge < -0.3 is 14.4 Å². The SMILES string of the molecule is COc1ccc(O[C@@H]2CCN(C(=O)c3cc(C)cs3)C2)nn1. The molecule has 3 rings (SSSR count). The Morgan fingerprint density at radius 1 is 1.36 bits per heavy atom. The molecule has 1 aliphatic heterocycles. The molecule has 0 N–H and O–H groups in total. The van der Waals surface area contributed by atoms with E-state index >= 15 is 0 Å². The van der Waals surface area contributed by atoms with E-state index in [2.05, 4.69) is 10.2 Å². The number of ether oxygens (including phenoxy) is 2. The first-order valence-corrected chi connectivity index (χ1v) is 7.92. The summed E-state index contributed by atoms with van der Waals surface area (Å²) in [6.45, 7) is 3.26. The molecule has 1 fully saturated rings. The molecule has 0 aliphatic carbocycles. The van der Waals surface area contributed by atoms with Crippen molar-refractivity contribution in [2.75, 3.05) is 20.2 Å². The molecule has 7 heteroatoms. The summed E-state index contributed by atoms with van der Waals surface area (Å²) in [6, 6.07) is 5.35. The zero-order chi connectivity index (χ0) is 15.5. The van der Waals surface area contributed by atoms with Crippen LogP contribution in [0.1, 0.15) is 21.7 Å². The average Bonchev–Trinajstić information content (AvgIpc) is 3.16. The molecular formula is C15H17N3O3S. The van der Waals surface area contributed by atoms with Gasteiger partial charge in [-0.2, -0.15) is 0 Å². The lowest BCUT2D eigenvalue weighted by Gasteiger charge is -2.16. The van der Waals surface area contributed by atoms with Crippen LogP contribution in [0.25, 0.3) is 0 Å². The number of rotatable bonds is 4. The maximum atomic E-state index is 12.4. The van der Waals surface area contributed by atoms with Gasteiger partial charge in [-0.1, -0.05) is 0 Å². The number of amides is 1. The molecule has 0 bridgehead atoms. The number of nitrogens with zero attached hydrogens (tertiary/aromatic N) is 3. The van der Waals surface area contributed by atoms with Crippen LogP contribution in [-0.4, -0.2) is 47.3 Å². The highest BCUT2D eigenvalue weighted by atomic mass is 32.1. The van der Waals surface area contributed by atoms with Crippen molar-refractivity contribution in [1.29, 1.82) is 0 Å². The molecule has 2 aromatic rings. The molecule has 22 heavy (non-hydrogen) atoms. The third kappa shape index (κ3) is 3.19. The Balaban J connectivity index is 1.58. The molecular weight excluding hydrogens is 302 g/mol. The van der Waals surface area contributed by atoms with Gasteiger partial charge >= 0.3 is 0 Å². The Bertz CT molecular complexity index is 656. The lowest BCUT2D eigenvalue weighted by molar-refractivity contribution is 0.0775. The molecule has 0 aromatic carbocycles. The van der Waals surface area contributed by atoms with E-state index in [0.29, 0.717) is 24.8 Å². The van der Waals surface area contributed by atoms with Crippen molar-refractivity contribution in [2.45, 2.75) is 19.4 Å². The molecule has 116 valence electrons. The summed E-state index contributed by atoms with van der Waals surface area (Å²) in [6.07, 6.45) is 0.747. The molecule has 0 radical (unpaired) electrons. The van der Waals surface area contributed by atoms with Gasteiger partial charge in [0.05, 0.1) is 18.5 Å². The Labute approximate surface area is 132 Å². The number of carbonyl (C=O) groups is 1. The van der Waals surface area contributed by atoms with Crippen LogP contribution in [0.4, 0.5) is 0 Å². The van der Waals surface area contributed by atoms with Crippen molar-refractivity contribution in [1.82, 2.24) is 15.1 Å². The minimum atomic E-state index is -0.0484. The van der Waals surface area contributed by atoms with E-state index in [4.69, 9.17) is 9.47 Å². The van der Waals surface area contributed by atoms with Crippen molar-refractivity contribution >= 4 is 17.2 Å². The van der Waals surface area contributed by atoms with Crippen LogP contribution in [0.5, 0.6) is 11.8 Å².